The lowest BCUT2D eigenvalue weighted by Crippen LogP contribution is -2.20. The van der Waals surface area contributed by atoms with Gasteiger partial charge in [-0.1, -0.05) is 32.9 Å². The average molecular weight is 393 g/mol. The second-order valence-corrected chi connectivity index (χ2v) is 9.32. The van der Waals surface area contributed by atoms with E-state index >= 15 is 0 Å². The van der Waals surface area contributed by atoms with Gasteiger partial charge in [-0.3, -0.25) is 4.79 Å². The molecule has 4 aromatic rings. The van der Waals surface area contributed by atoms with Crippen molar-refractivity contribution in [2.75, 3.05) is 5.32 Å². The van der Waals surface area contributed by atoms with Crippen LogP contribution in [0.3, 0.4) is 0 Å². The first kappa shape index (κ1) is 18.6. The maximum Gasteiger partial charge on any atom is 0.226 e. The van der Waals surface area contributed by atoms with Gasteiger partial charge in [-0.05, 0) is 53.2 Å². The van der Waals surface area contributed by atoms with Crippen LogP contribution in [-0.2, 0) is 11.3 Å². The van der Waals surface area contributed by atoms with E-state index in [1.165, 1.54) is 27.2 Å². The maximum atomic E-state index is 12.3. The van der Waals surface area contributed by atoms with Gasteiger partial charge in [0.15, 0.2) is 0 Å². The fourth-order valence-electron chi connectivity index (χ4n) is 3.33. The van der Waals surface area contributed by atoms with Crippen molar-refractivity contribution in [1.29, 1.82) is 0 Å². The fraction of sp³-hybridized carbons (Fsp3) is 0.318. The highest BCUT2D eigenvalue weighted by Crippen LogP contribution is 2.25. The van der Waals surface area contributed by atoms with Gasteiger partial charge in [0.25, 0.3) is 0 Å². The van der Waals surface area contributed by atoms with Crippen LogP contribution in [0.2, 0.25) is 0 Å². The summed E-state index contributed by atoms with van der Waals surface area (Å²) < 4.78 is 7.64. The van der Waals surface area contributed by atoms with Gasteiger partial charge in [-0.25, -0.2) is 4.98 Å². The molecular formula is C22H24N4OS. The molecule has 1 N–H and O–H groups in total. The predicted molar refractivity (Wildman–Crippen MR) is 116 cm³/mol. The average Bonchev–Trinajstić information content (AvgIpc) is 3.20. The van der Waals surface area contributed by atoms with E-state index in [1.807, 2.05) is 19.2 Å². The summed E-state index contributed by atoms with van der Waals surface area (Å²) in [5.41, 5.74) is 4.10. The van der Waals surface area contributed by atoms with E-state index in [0.717, 1.165) is 23.1 Å². The van der Waals surface area contributed by atoms with Crippen LogP contribution in [0, 0.1) is 12.3 Å². The molecule has 4 rings (SSSR count). The summed E-state index contributed by atoms with van der Waals surface area (Å²) in [6.07, 6.45) is 4.42. The molecule has 6 heteroatoms. The molecule has 0 aliphatic carbocycles. The highest BCUT2D eigenvalue weighted by Gasteiger charge is 2.17. The van der Waals surface area contributed by atoms with Crippen molar-refractivity contribution in [3.8, 4) is 0 Å². The molecule has 0 aliphatic rings. The molecule has 0 atom stereocenters. The Morgan fingerprint density at radius 1 is 1.21 bits per heavy atom. The van der Waals surface area contributed by atoms with Crippen LogP contribution in [0.15, 0.2) is 42.7 Å². The Bertz CT molecular complexity index is 1170. The minimum Gasteiger partial charge on any atom is -0.342 e. The number of fused-ring (bicyclic) bond motifs is 2. The molecule has 0 spiro atoms. The summed E-state index contributed by atoms with van der Waals surface area (Å²) in [7, 11) is 0. The largest absolute Gasteiger partial charge is 0.342 e. The number of hydrogen-bond acceptors (Lipinski definition) is 4. The molecule has 0 unspecified atom stereocenters. The number of nitrogens with zero attached hydrogens (tertiary/aromatic N) is 3. The van der Waals surface area contributed by atoms with Crippen molar-refractivity contribution in [2.24, 2.45) is 5.41 Å². The van der Waals surface area contributed by atoms with Crippen molar-refractivity contribution < 1.29 is 4.79 Å². The van der Waals surface area contributed by atoms with Gasteiger partial charge in [-0.2, -0.15) is 4.37 Å². The Morgan fingerprint density at radius 3 is 2.82 bits per heavy atom. The van der Waals surface area contributed by atoms with E-state index in [2.05, 4.69) is 70.5 Å². The Hall–Kier alpha value is -2.73. The molecule has 28 heavy (non-hydrogen) atoms. The second kappa shape index (κ2) is 7.02. The van der Waals surface area contributed by atoms with E-state index in [4.69, 9.17) is 0 Å². The van der Waals surface area contributed by atoms with Gasteiger partial charge in [0, 0.05) is 30.7 Å². The van der Waals surface area contributed by atoms with Crippen LogP contribution in [0.1, 0.15) is 38.3 Å². The zero-order valence-electron chi connectivity index (χ0n) is 16.6. The summed E-state index contributed by atoms with van der Waals surface area (Å²) in [5, 5.41) is 4.15. The third-order valence-electron chi connectivity index (χ3n) is 4.67. The summed E-state index contributed by atoms with van der Waals surface area (Å²) in [6.45, 7) is 8.92. The quantitative estimate of drug-likeness (QED) is 0.507. The van der Waals surface area contributed by atoms with Crippen molar-refractivity contribution in [1.82, 2.24) is 13.9 Å². The lowest BCUT2D eigenvalue weighted by atomic mass is 9.92. The molecule has 1 amide bonds. The van der Waals surface area contributed by atoms with Crippen LogP contribution in [-0.4, -0.2) is 19.8 Å². The van der Waals surface area contributed by atoms with E-state index in [9.17, 15) is 4.79 Å². The number of anilines is 1. The number of pyridine rings is 1. The van der Waals surface area contributed by atoms with Gasteiger partial charge >= 0.3 is 0 Å². The third-order valence-corrected chi connectivity index (χ3v) is 5.43. The molecular weight excluding hydrogens is 368 g/mol. The Balaban J connectivity index is 1.59. The summed E-state index contributed by atoms with van der Waals surface area (Å²) in [6, 6.07) is 10.6. The van der Waals surface area contributed by atoms with Crippen molar-refractivity contribution >= 4 is 44.4 Å². The van der Waals surface area contributed by atoms with Gasteiger partial charge in [0.1, 0.15) is 5.82 Å². The molecule has 0 radical (unpaired) electrons. The minimum atomic E-state index is -0.0510. The number of amides is 1. The first-order valence-electron chi connectivity index (χ1n) is 9.38. The Kier molecular flexibility index (Phi) is 4.67. The monoisotopic (exact) mass is 392 g/mol. The van der Waals surface area contributed by atoms with Crippen LogP contribution >= 0.6 is 11.5 Å². The molecule has 0 saturated heterocycles. The van der Waals surface area contributed by atoms with Crippen LogP contribution in [0.4, 0.5) is 5.82 Å². The van der Waals surface area contributed by atoms with Crippen molar-refractivity contribution in [2.45, 2.75) is 40.7 Å². The summed E-state index contributed by atoms with van der Waals surface area (Å²) in [4.78, 5) is 17.0. The van der Waals surface area contributed by atoms with Crippen LogP contribution < -0.4 is 5.32 Å². The minimum absolute atomic E-state index is 0.000238. The molecule has 0 aliphatic heterocycles. The lowest BCUT2D eigenvalue weighted by molar-refractivity contribution is -0.117. The van der Waals surface area contributed by atoms with Gasteiger partial charge in [0.05, 0.1) is 15.7 Å². The van der Waals surface area contributed by atoms with Crippen molar-refractivity contribution in [3.05, 3.63) is 53.9 Å². The number of carbonyl (C=O) groups excluding carboxylic acids is 1. The third kappa shape index (κ3) is 3.92. The summed E-state index contributed by atoms with van der Waals surface area (Å²) >= 11 is 1.52. The first-order chi connectivity index (χ1) is 13.3. The van der Waals surface area contributed by atoms with E-state index in [1.54, 1.807) is 0 Å². The second-order valence-electron chi connectivity index (χ2n) is 8.49. The Morgan fingerprint density at radius 2 is 2.04 bits per heavy atom. The van der Waals surface area contributed by atoms with E-state index in [-0.39, 0.29) is 11.3 Å². The molecule has 0 fully saturated rings. The first-order valence-corrected chi connectivity index (χ1v) is 10.2. The number of carbonyl (C=O) groups is 1. The number of rotatable bonds is 4. The van der Waals surface area contributed by atoms with E-state index < -0.39 is 0 Å². The topological polar surface area (TPSA) is 59.8 Å². The Labute approximate surface area is 168 Å². The normalized spacial score (nSPS) is 12.0. The van der Waals surface area contributed by atoms with Gasteiger partial charge < -0.3 is 9.88 Å². The SMILES string of the molecule is Cc1cc2c(ccn2Cc2ccc3cnsc3c2)nc1NC(=O)CC(C)(C)C. The zero-order chi connectivity index (χ0) is 19.9. The number of aromatic nitrogens is 3. The number of benzene rings is 1. The number of nitrogens with one attached hydrogen (secondary N) is 1. The highest BCUT2D eigenvalue weighted by molar-refractivity contribution is 7.13. The zero-order valence-corrected chi connectivity index (χ0v) is 17.4. The number of aryl methyl sites for hydroxylation is 1. The maximum absolute atomic E-state index is 12.3. The predicted octanol–water partition coefficient (Wildman–Crippen LogP) is 5.38. The van der Waals surface area contributed by atoms with Crippen LogP contribution in [0.5, 0.6) is 0 Å². The molecule has 1 aromatic carbocycles. The molecule has 3 heterocycles. The van der Waals surface area contributed by atoms with Gasteiger partial charge in [-0.15, -0.1) is 0 Å². The smallest absolute Gasteiger partial charge is 0.226 e. The molecule has 3 aromatic heterocycles. The lowest BCUT2D eigenvalue weighted by Gasteiger charge is -2.17. The van der Waals surface area contributed by atoms with Crippen LogP contribution in [0.25, 0.3) is 21.1 Å². The molecule has 5 nitrogen and oxygen atoms in total. The van der Waals surface area contributed by atoms with E-state index in [0.29, 0.717) is 12.2 Å². The molecule has 144 valence electrons. The molecule has 0 saturated carbocycles. The fourth-order valence-corrected chi connectivity index (χ4v) is 4.04. The van der Waals surface area contributed by atoms with Crippen molar-refractivity contribution in [3.63, 3.8) is 0 Å². The standard InChI is InChI=1S/C22H24N4OS/c1-14-9-18-17(24-21(14)25-20(27)11-22(2,3)4)7-8-26(18)13-15-5-6-16-12-23-28-19(16)10-15/h5-10,12H,11,13H2,1-4H3,(H,24,25,27). The summed E-state index contributed by atoms with van der Waals surface area (Å²) in [5.74, 6) is 0.644. The van der Waals surface area contributed by atoms with Gasteiger partial charge in [0.2, 0.25) is 5.91 Å². The number of hydrogen-bond donors (Lipinski definition) is 1. The molecule has 0 bridgehead atoms. The highest BCUT2D eigenvalue weighted by atomic mass is 32.1.